The maximum absolute atomic E-state index is 14.0. The van der Waals surface area contributed by atoms with Gasteiger partial charge in [-0.15, -0.1) is 0 Å². The van der Waals surface area contributed by atoms with Crippen LogP contribution in [0, 0.1) is 11.6 Å². The zero-order valence-electron chi connectivity index (χ0n) is 15.2. The third kappa shape index (κ3) is 5.32. The maximum Gasteiger partial charge on any atom is 0.223 e. The van der Waals surface area contributed by atoms with Crippen molar-refractivity contribution < 1.29 is 18.4 Å². The number of halogens is 3. The molecule has 28 heavy (non-hydrogen) atoms. The van der Waals surface area contributed by atoms with E-state index >= 15 is 0 Å². The molecule has 1 unspecified atom stereocenters. The van der Waals surface area contributed by atoms with Crippen LogP contribution < -0.4 is 0 Å². The number of carbonyl (C=O) groups excluding carboxylic acids is 2. The Morgan fingerprint density at radius 3 is 2.57 bits per heavy atom. The first-order valence-electron chi connectivity index (χ1n) is 9.07. The molecule has 0 radical (unpaired) electrons. The molecule has 1 amide bonds. The van der Waals surface area contributed by atoms with Crippen LogP contribution in [0.1, 0.15) is 40.4 Å². The van der Waals surface area contributed by atoms with E-state index in [9.17, 15) is 18.4 Å². The summed E-state index contributed by atoms with van der Waals surface area (Å²) in [6, 6.07) is 10.1. The third-order valence-electron chi connectivity index (χ3n) is 4.73. The highest BCUT2D eigenvalue weighted by Gasteiger charge is 2.24. The molecule has 2 aromatic carbocycles. The Morgan fingerprint density at radius 2 is 1.82 bits per heavy atom. The number of rotatable bonds is 5. The molecule has 0 aromatic heterocycles. The van der Waals surface area contributed by atoms with Gasteiger partial charge in [-0.2, -0.15) is 11.8 Å². The average molecular weight is 424 g/mol. The van der Waals surface area contributed by atoms with Crippen molar-refractivity contribution in [2.24, 2.45) is 0 Å². The van der Waals surface area contributed by atoms with Gasteiger partial charge in [0.25, 0.3) is 0 Å². The van der Waals surface area contributed by atoms with Gasteiger partial charge < -0.3 is 4.90 Å². The van der Waals surface area contributed by atoms with Crippen LogP contribution in [0.15, 0.2) is 42.5 Å². The number of carbonyl (C=O) groups is 2. The van der Waals surface area contributed by atoms with Crippen LogP contribution in [0.25, 0.3) is 0 Å². The van der Waals surface area contributed by atoms with Crippen LogP contribution in [-0.2, 0) is 4.79 Å². The molecular weight excluding hydrogens is 404 g/mol. The van der Waals surface area contributed by atoms with Crippen LogP contribution in [0.5, 0.6) is 0 Å². The summed E-state index contributed by atoms with van der Waals surface area (Å²) < 4.78 is 27.5. The van der Waals surface area contributed by atoms with Crippen molar-refractivity contribution in [1.82, 2.24) is 4.90 Å². The molecule has 1 heterocycles. The third-order valence-corrected chi connectivity index (χ3v) is 6.29. The number of nitrogens with zero attached hydrogens (tertiary/aromatic N) is 1. The zero-order chi connectivity index (χ0) is 20.1. The van der Waals surface area contributed by atoms with Crippen molar-refractivity contribution in [2.45, 2.75) is 24.5 Å². The predicted octanol–water partition coefficient (Wildman–Crippen LogP) is 5.29. The monoisotopic (exact) mass is 423 g/mol. The summed E-state index contributed by atoms with van der Waals surface area (Å²) in [6.45, 7) is 0.994. The number of amides is 1. The fraction of sp³-hybridized carbons (Fsp3) is 0.333. The van der Waals surface area contributed by atoms with Crippen molar-refractivity contribution in [3.63, 3.8) is 0 Å². The Bertz CT molecular complexity index is 860. The summed E-state index contributed by atoms with van der Waals surface area (Å²) in [7, 11) is 0. The first kappa shape index (κ1) is 20.8. The van der Waals surface area contributed by atoms with E-state index in [2.05, 4.69) is 0 Å². The fourth-order valence-electron chi connectivity index (χ4n) is 3.19. The van der Waals surface area contributed by atoms with Gasteiger partial charge >= 0.3 is 0 Å². The summed E-state index contributed by atoms with van der Waals surface area (Å²) >= 11 is 7.34. The van der Waals surface area contributed by atoms with E-state index in [0.717, 1.165) is 12.1 Å². The Morgan fingerprint density at radius 1 is 1.07 bits per heavy atom. The maximum atomic E-state index is 14.0. The number of Topliss-reactive ketones (excluding diaryl/α,β-unsaturated/α-hetero) is 1. The Kier molecular flexibility index (Phi) is 7.08. The summed E-state index contributed by atoms with van der Waals surface area (Å²) in [6.07, 6.45) is 0.805. The zero-order valence-corrected chi connectivity index (χ0v) is 16.7. The molecule has 1 aliphatic rings. The summed E-state index contributed by atoms with van der Waals surface area (Å²) in [5.41, 5.74) is 0.877. The minimum atomic E-state index is -0.463. The molecule has 3 nitrogen and oxygen atoms in total. The topological polar surface area (TPSA) is 37.4 Å². The second-order valence-electron chi connectivity index (χ2n) is 6.62. The van der Waals surface area contributed by atoms with E-state index in [4.69, 9.17) is 11.6 Å². The summed E-state index contributed by atoms with van der Waals surface area (Å²) in [5.74, 6) is -0.448. The molecule has 3 rings (SSSR count). The lowest BCUT2D eigenvalue weighted by Gasteiger charge is -2.20. The smallest absolute Gasteiger partial charge is 0.223 e. The SMILES string of the molecule is O=C(CCC(=O)N1CCSC(c2cc(F)ccc2F)CC1)c1ccc(Cl)cc1. The molecule has 0 saturated carbocycles. The van der Waals surface area contributed by atoms with Gasteiger partial charge in [0.15, 0.2) is 5.78 Å². The second-order valence-corrected chi connectivity index (χ2v) is 8.37. The van der Waals surface area contributed by atoms with Gasteiger partial charge in [-0.3, -0.25) is 9.59 Å². The molecule has 1 aliphatic heterocycles. The lowest BCUT2D eigenvalue weighted by Crippen LogP contribution is -2.33. The fourth-order valence-corrected chi connectivity index (χ4v) is 4.56. The standard InChI is InChI=1S/C21H20ClF2NO2S/c22-15-3-1-14(2-4-15)19(26)7-8-21(27)25-10-9-20(28-12-11-25)17-13-16(23)5-6-18(17)24/h1-6,13,20H,7-12H2. The summed E-state index contributed by atoms with van der Waals surface area (Å²) in [5, 5.41) is 0.364. The van der Waals surface area contributed by atoms with Gasteiger partial charge in [0.2, 0.25) is 5.91 Å². The van der Waals surface area contributed by atoms with Crippen LogP contribution in [-0.4, -0.2) is 35.4 Å². The van der Waals surface area contributed by atoms with E-state index in [-0.39, 0.29) is 29.8 Å². The van der Waals surface area contributed by atoms with Crippen LogP contribution in [0.4, 0.5) is 8.78 Å². The average Bonchev–Trinajstić information content (AvgIpc) is 2.94. The van der Waals surface area contributed by atoms with Crippen LogP contribution in [0.2, 0.25) is 5.02 Å². The molecular formula is C21H20ClF2NO2S. The first-order chi connectivity index (χ1) is 13.4. The minimum Gasteiger partial charge on any atom is -0.342 e. The van der Waals surface area contributed by atoms with Crippen molar-refractivity contribution in [3.8, 4) is 0 Å². The van der Waals surface area contributed by atoms with Crippen molar-refractivity contribution in [2.75, 3.05) is 18.8 Å². The van der Waals surface area contributed by atoms with E-state index in [1.54, 1.807) is 29.2 Å². The number of ketones is 1. The molecule has 0 spiro atoms. The first-order valence-corrected chi connectivity index (χ1v) is 10.5. The van der Waals surface area contributed by atoms with Gasteiger partial charge in [-0.1, -0.05) is 11.6 Å². The second kappa shape index (κ2) is 9.52. The minimum absolute atomic E-state index is 0.0942. The Hall–Kier alpha value is -1.92. The molecule has 0 aliphatic carbocycles. The van der Waals surface area contributed by atoms with E-state index in [1.165, 1.54) is 17.8 Å². The molecule has 0 N–H and O–H groups in total. The summed E-state index contributed by atoms with van der Waals surface area (Å²) in [4.78, 5) is 26.4. The molecule has 1 fully saturated rings. The van der Waals surface area contributed by atoms with Gasteiger partial charge in [-0.05, 0) is 48.9 Å². The largest absolute Gasteiger partial charge is 0.342 e. The number of benzene rings is 2. The highest BCUT2D eigenvalue weighted by atomic mass is 35.5. The van der Waals surface area contributed by atoms with Gasteiger partial charge in [0.1, 0.15) is 11.6 Å². The number of hydrogen-bond acceptors (Lipinski definition) is 3. The Balaban J connectivity index is 1.54. The molecule has 148 valence electrons. The molecule has 1 atom stereocenters. The lowest BCUT2D eigenvalue weighted by molar-refractivity contribution is -0.130. The molecule has 0 bridgehead atoms. The van der Waals surface area contributed by atoms with Crippen molar-refractivity contribution >= 4 is 35.1 Å². The van der Waals surface area contributed by atoms with Gasteiger partial charge in [0, 0.05) is 53.1 Å². The van der Waals surface area contributed by atoms with Crippen molar-refractivity contribution in [3.05, 3.63) is 70.2 Å². The van der Waals surface area contributed by atoms with Crippen LogP contribution in [0.3, 0.4) is 0 Å². The lowest BCUT2D eigenvalue weighted by atomic mass is 10.1. The number of thioether (sulfide) groups is 1. The normalized spacial score (nSPS) is 17.2. The number of hydrogen-bond donors (Lipinski definition) is 0. The van der Waals surface area contributed by atoms with Crippen molar-refractivity contribution in [1.29, 1.82) is 0 Å². The molecule has 1 saturated heterocycles. The highest BCUT2D eigenvalue weighted by Crippen LogP contribution is 2.36. The van der Waals surface area contributed by atoms with Gasteiger partial charge in [0.05, 0.1) is 0 Å². The van der Waals surface area contributed by atoms with E-state index < -0.39 is 11.6 Å². The predicted molar refractivity (Wildman–Crippen MR) is 108 cm³/mol. The molecule has 7 heteroatoms. The quantitative estimate of drug-likeness (QED) is 0.613. The van der Waals surface area contributed by atoms with E-state index in [0.29, 0.717) is 41.4 Å². The Labute approximate surface area is 172 Å². The van der Waals surface area contributed by atoms with E-state index in [1.807, 2.05) is 0 Å². The molecule has 2 aromatic rings. The highest BCUT2D eigenvalue weighted by molar-refractivity contribution is 7.99. The van der Waals surface area contributed by atoms with Crippen LogP contribution >= 0.6 is 23.4 Å². The van der Waals surface area contributed by atoms with Gasteiger partial charge in [-0.25, -0.2) is 8.78 Å².